The number of hydrogen-bond acceptors (Lipinski definition) is 3. The summed E-state index contributed by atoms with van der Waals surface area (Å²) in [7, 11) is 0. The molecule has 0 saturated carbocycles. The van der Waals surface area contributed by atoms with E-state index in [4.69, 9.17) is 0 Å². The molecule has 1 N–H and O–H groups in total. The molecule has 1 amide bonds. The quantitative estimate of drug-likeness (QED) is 0.830. The summed E-state index contributed by atoms with van der Waals surface area (Å²) >= 11 is 1.58. The fourth-order valence-corrected chi connectivity index (χ4v) is 1.81. The van der Waals surface area contributed by atoms with Gasteiger partial charge in [0.05, 0.1) is 6.54 Å². The van der Waals surface area contributed by atoms with Crippen molar-refractivity contribution < 1.29 is 4.79 Å². The number of aryl methyl sites for hydroxylation is 1. The fourth-order valence-electron chi connectivity index (χ4n) is 1.10. The maximum atomic E-state index is 11.3. The zero-order valence-corrected chi connectivity index (χ0v) is 9.65. The first-order chi connectivity index (χ1) is 6.58. The van der Waals surface area contributed by atoms with Crippen LogP contribution in [0.3, 0.4) is 0 Å². The molecule has 3 nitrogen and oxygen atoms in total. The Morgan fingerprint density at radius 3 is 2.86 bits per heavy atom. The van der Waals surface area contributed by atoms with E-state index in [2.05, 4.69) is 10.3 Å². The molecule has 14 heavy (non-hydrogen) atoms. The third-order valence-electron chi connectivity index (χ3n) is 1.70. The summed E-state index contributed by atoms with van der Waals surface area (Å²) < 4.78 is 0. The number of rotatable bonds is 4. The maximum absolute atomic E-state index is 11.3. The van der Waals surface area contributed by atoms with Gasteiger partial charge in [0.1, 0.15) is 5.01 Å². The topological polar surface area (TPSA) is 42.0 Å². The molecule has 0 radical (unpaired) electrons. The number of amides is 1. The van der Waals surface area contributed by atoms with E-state index in [1.54, 1.807) is 11.3 Å². The summed E-state index contributed by atoms with van der Waals surface area (Å²) in [5, 5.41) is 5.81. The SMILES string of the molecule is Cc1csc(CNC(=O)CC(C)C)n1. The second-order valence-corrected chi connectivity index (χ2v) is 4.70. The van der Waals surface area contributed by atoms with Crippen molar-refractivity contribution >= 4 is 17.2 Å². The van der Waals surface area contributed by atoms with Crippen LogP contribution in [0.5, 0.6) is 0 Å². The summed E-state index contributed by atoms with van der Waals surface area (Å²) in [6.07, 6.45) is 0.588. The largest absolute Gasteiger partial charge is 0.350 e. The van der Waals surface area contributed by atoms with E-state index in [9.17, 15) is 4.79 Å². The molecule has 1 heterocycles. The minimum Gasteiger partial charge on any atom is -0.350 e. The molecule has 0 spiro atoms. The van der Waals surface area contributed by atoms with Gasteiger partial charge >= 0.3 is 0 Å². The zero-order chi connectivity index (χ0) is 10.6. The Bertz CT molecular complexity index is 307. The summed E-state index contributed by atoms with van der Waals surface area (Å²) in [5.41, 5.74) is 1.02. The minimum atomic E-state index is 0.104. The number of hydrogen-bond donors (Lipinski definition) is 1. The second-order valence-electron chi connectivity index (χ2n) is 3.76. The van der Waals surface area contributed by atoms with Crippen molar-refractivity contribution in [3.8, 4) is 0 Å². The Balaban J connectivity index is 2.30. The number of nitrogens with one attached hydrogen (secondary N) is 1. The Hall–Kier alpha value is -0.900. The van der Waals surface area contributed by atoms with Crippen LogP contribution in [-0.4, -0.2) is 10.9 Å². The third-order valence-corrected chi connectivity index (χ3v) is 2.66. The van der Waals surface area contributed by atoms with Crippen LogP contribution in [0.4, 0.5) is 0 Å². The van der Waals surface area contributed by atoms with Crippen LogP contribution < -0.4 is 5.32 Å². The van der Waals surface area contributed by atoms with Crippen molar-refractivity contribution in [3.63, 3.8) is 0 Å². The molecule has 1 aromatic heterocycles. The van der Waals surface area contributed by atoms with Crippen molar-refractivity contribution in [1.29, 1.82) is 0 Å². The number of carbonyl (C=O) groups excluding carboxylic acids is 1. The molecule has 0 aliphatic heterocycles. The first-order valence-corrected chi connectivity index (χ1v) is 5.63. The van der Waals surface area contributed by atoms with Crippen molar-refractivity contribution in [2.45, 2.75) is 33.7 Å². The predicted molar refractivity (Wildman–Crippen MR) is 58.2 cm³/mol. The normalized spacial score (nSPS) is 10.6. The van der Waals surface area contributed by atoms with E-state index in [0.717, 1.165) is 10.7 Å². The van der Waals surface area contributed by atoms with Crippen molar-refractivity contribution in [3.05, 3.63) is 16.1 Å². The number of nitrogens with zero attached hydrogens (tertiary/aromatic N) is 1. The molecule has 78 valence electrons. The van der Waals surface area contributed by atoms with Crippen LogP contribution in [0.15, 0.2) is 5.38 Å². The first-order valence-electron chi connectivity index (χ1n) is 4.75. The van der Waals surface area contributed by atoms with E-state index < -0.39 is 0 Å². The zero-order valence-electron chi connectivity index (χ0n) is 8.83. The molecule has 0 aromatic carbocycles. The van der Waals surface area contributed by atoms with Gasteiger partial charge in [-0.15, -0.1) is 11.3 Å². The molecule has 0 saturated heterocycles. The number of carbonyl (C=O) groups is 1. The van der Waals surface area contributed by atoms with Crippen LogP contribution in [0.1, 0.15) is 31.0 Å². The lowest BCUT2D eigenvalue weighted by molar-refractivity contribution is -0.121. The van der Waals surface area contributed by atoms with Gasteiger partial charge in [0.2, 0.25) is 5.91 Å². The van der Waals surface area contributed by atoms with E-state index in [-0.39, 0.29) is 5.91 Å². The highest BCUT2D eigenvalue weighted by Crippen LogP contribution is 2.08. The molecule has 0 aliphatic carbocycles. The number of thiazole rings is 1. The molecule has 0 fully saturated rings. The van der Waals surface area contributed by atoms with Crippen LogP contribution in [0, 0.1) is 12.8 Å². The molecule has 0 aliphatic rings. The fraction of sp³-hybridized carbons (Fsp3) is 0.600. The van der Waals surface area contributed by atoms with Gasteiger partial charge in [-0.3, -0.25) is 4.79 Å². The third kappa shape index (κ3) is 3.87. The van der Waals surface area contributed by atoms with Crippen LogP contribution >= 0.6 is 11.3 Å². The lowest BCUT2D eigenvalue weighted by Crippen LogP contribution is -2.23. The van der Waals surface area contributed by atoms with Gasteiger partial charge in [-0.25, -0.2) is 4.98 Å². The monoisotopic (exact) mass is 212 g/mol. The summed E-state index contributed by atoms with van der Waals surface area (Å²) in [6.45, 7) is 6.58. The van der Waals surface area contributed by atoms with Crippen molar-refractivity contribution in [1.82, 2.24) is 10.3 Å². The van der Waals surface area contributed by atoms with Crippen LogP contribution in [-0.2, 0) is 11.3 Å². The van der Waals surface area contributed by atoms with E-state index in [1.807, 2.05) is 26.2 Å². The van der Waals surface area contributed by atoms with Gasteiger partial charge in [0, 0.05) is 17.5 Å². The van der Waals surface area contributed by atoms with Gasteiger partial charge < -0.3 is 5.32 Å². The average molecular weight is 212 g/mol. The number of aromatic nitrogens is 1. The Kier molecular flexibility index (Phi) is 4.07. The molecular weight excluding hydrogens is 196 g/mol. The summed E-state index contributed by atoms with van der Waals surface area (Å²) in [4.78, 5) is 15.6. The van der Waals surface area contributed by atoms with Crippen LogP contribution in [0.25, 0.3) is 0 Å². The molecule has 1 rings (SSSR count). The smallest absolute Gasteiger partial charge is 0.220 e. The minimum absolute atomic E-state index is 0.104. The van der Waals surface area contributed by atoms with Crippen LogP contribution in [0.2, 0.25) is 0 Å². The second kappa shape index (κ2) is 5.10. The van der Waals surface area contributed by atoms with Gasteiger partial charge in [-0.1, -0.05) is 13.8 Å². The summed E-state index contributed by atoms with van der Waals surface area (Å²) in [6, 6.07) is 0. The lowest BCUT2D eigenvalue weighted by atomic mass is 10.1. The molecule has 0 atom stereocenters. The summed E-state index contributed by atoms with van der Waals surface area (Å²) in [5.74, 6) is 0.515. The van der Waals surface area contributed by atoms with E-state index in [0.29, 0.717) is 18.9 Å². The Morgan fingerprint density at radius 1 is 1.64 bits per heavy atom. The highest BCUT2D eigenvalue weighted by molar-refractivity contribution is 7.09. The first kappa shape index (κ1) is 11.2. The average Bonchev–Trinajstić information content (AvgIpc) is 2.47. The van der Waals surface area contributed by atoms with Crippen molar-refractivity contribution in [2.24, 2.45) is 5.92 Å². The van der Waals surface area contributed by atoms with Gasteiger partial charge in [0.25, 0.3) is 0 Å². The molecule has 0 bridgehead atoms. The molecular formula is C10H16N2OS. The Labute approximate surface area is 88.6 Å². The van der Waals surface area contributed by atoms with Crippen molar-refractivity contribution in [2.75, 3.05) is 0 Å². The molecule has 1 aromatic rings. The molecule has 4 heteroatoms. The molecule has 0 unspecified atom stereocenters. The van der Waals surface area contributed by atoms with E-state index in [1.165, 1.54) is 0 Å². The van der Waals surface area contributed by atoms with E-state index >= 15 is 0 Å². The Morgan fingerprint density at radius 2 is 2.36 bits per heavy atom. The lowest BCUT2D eigenvalue weighted by Gasteiger charge is -2.04. The van der Waals surface area contributed by atoms with Gasteiger partial charge in [-0.2, -0.15) is 0 Å². The highest BCUT2D eigenvalue weighted by Gasteiger charge is 2.05. The standard InChI is InChI=1S/C10H16N2OS/c1-7(2)4-9(13)11-5-10-12-8(3)6-14-10/h6-7H,4-5H2,1-3H3,(H,11,13). The van der Waals surface area contributed by atoms with Gasteiger partial charge in [-0.05, 0) is 12.8 Å². The predicted octanol–water partition coefficient (Wildman–Crippen LogP) is 2.11. The highest BCUT2D eigenvalue weighted by atomic mass is 32.1. The maximum Gasteiger partial charge on any atom is 0.220 e. The van der Waals surface area contributed by atoms with Gasteiger partial charge in [0.15, 0.2) is 0 Å².